The molecule has 0 bridgehead atoms. The molecule has 62 valence electrons. The van der Waals surface area contributed by atoms with Crippen molar-refractivity contribution in [2.75, 3.05) is 0 Å². The first-order valence-electron chi connectivity index (χ1n) is 2.73. The normalized spacial score (nSPS) is 15.9. The lowest BCUT2D eigenvalue weighted by molar-refractivity contribution is -0.170. The molecule has 0 aromatic carbocycles. The van der Waals surface area contributed by atoms with Crippen molar-refractivity contribution >= 4 is 0 Å². The summed E-state index contributed by atoms with van der Waals surface area (Å²) >= 11 is 0. The molecule has 0 spiro atoms. The lowest BCUT2D eigenvalue weighted by Gasteiger charge is -2.17. The summed E-state index contributed by atoms with van der Waals surface area (Å²) in [5, 5.41) is 0. The Bertz CT molecular complexity index is 100. The molecule has 0 N–H and O–H groups in total. The van der Waals surface area contributed by atoms with E-state index in [2.05, 4.69) is 0 Å². The first-order valence-corrected chi connectivity index (χ1v) is 2.73. The van der Waals surface area contributed by atoms with E-state index >= 15 is 0 Å². The van der Waals surface area contributed by atoms with Crippen molar-refractivity contribution in [3.8, 4) is 0 Å². The van der Waals surface area contributed by atoms with E-state index in [0.717, 1.165) is 6.92 Å². The molecule has 0 aliphatic carbocycles. The van der Waals surface area contributed by atoms with Crippen LogP contribution in [-0.2, 0) is 0 Å². The summed E-state index contributed by atoms with van der Waals surface area (Å²) in [4.78, 5) is 0. The van der Waals surface area contributed by atoms with Gasteiger partial charge in [-0.1, -0.05) is 6.92 Å². The van der Waals surface area contributed by atoms with Gasteiger partial charge in [0.1, 0.15) is 0 Å². The molecule has 0 aromatic rings. The van der Waals surface area contributed by atoms with E-state index in [1.54, 1.807) is 0 Å². The summed E-state index contributed by atoms with van der Waals surface area (Å²) in [6.07, 6.45) is -7.26. The zero-order chi connectivity index (χ0) is 8.36. The van der Waals surface area contributed by atoms with Crippen LogP contribution in [0.15, 0.2) is 0 Å². The third-order valence-corrected chi connectivity index (χ3v) is 1.07. The van der Waals surface area contributed by atoms with E-state index in [-0.39, 0.29) is 0 Å². The number of alkyl halides is 5. The maximum atomic E-state index is 11.9. The summed E-state index contributed by atoms with van der Waals surface area (Å²) in [5.74, 6) is -4.49. The van der Waals surface area contributed by atoms with Gasteiger partial charge in [-0.2, -0.15) is 8.78 Å². The van der Waals surface area contributed by atoms with Crippen LogP contribution < -0.4 is 0 Å². The third-order valence-electron chi connectivity index (χ3n) is 1.07. The molecular weight excluding hydrogens is 155 g/mol. The second-order valence-corrected chi connectivity index (χ2v) is 1.85. The minimum absolute atomic E-state index is 0.600. The third kappa shape index (κ3) is 1.82. The predicted molar refractivity (Wildman–Crippen MR) is 26.1 cm³/mol. The SMILES string of the molecule is CC[C@H](F)C(F)(F)C(F)F. The van der Waals surface area contributed by atoms with Crippen molar-refractivity contribution < 1.29 is 22.0 Å². The van der Waals surface area contributed by atoms with Crippen LogP contribution in [0.1, 0.15) is 13.3 Å². The number of rotatable bonds is 3. The van der Waals surface area contributed by atoms with Gasteiger partial charge >= 0.3 is 12.3 Å². The van der Waals surface area contributed by atoms with E-state index in [1.807, 2.05) is 0 Å². The monoisotopic (exact) mass is 162 g/mol. The maximum Gasteiger partial charge on any atom is 0.337 e. The van der Waals surface area contributed by atoms with Gasteiger partial charge in [0, 0.05) is 0 Å². The topological polar surface area (TPSA) is 0 Å². The van der Waals surface area contributed by atoms with Crippen molar-refractivity contribution in [2.45, 2.75) is 31.9 Å². The van der Waals surface area contributed by atoms with Crippen molar-refractivity contribution in [2.24, 2.45) is 0 Å². The Morgan fingerprint density at radius 3 is 1.70 bits per heavy atom. The largest absolute Gasteiger partial charge is 0.337 e. The molecule has 1 atom stereocenters. The zero-order valence-electron chi connectivity index (χ0n) is 5.25. The number of hydrogen-bond acceptors (Lipinski definition) is 0. The predicted octanol–water partition coefficient (Wildman–Crippen LogP) is 2.63. The molecule has 0 aliphatic rings. The maximum absolute atomic E-state index is 11.9. The van der Waals surface area contributed by atoms with Gasteiger partial charge in [-0.05, 0) is 6.42 Å². The molecule has 0 rings (SSSR count). The van der Waals surface area contributed by atoms with Crippen LogP contribution >= 0.6 is 0 Å². The molecule has 0 amide bonds. The quantitative estimate of drug-likeness (QED) is 0.559. The highest BCUT2D eigenvalue weighted by molar-refractivity contribution is 4.77. The van der Waals surface area contributed by atoms with Crippen LogP contribution in [0, 0.1) is 0 Å². The minimum atomic E-state index is -4.49. The highest BCUT2D eigenvalue weighted by Crippen LogP contribution is 2.30. The van der Waals surface area contributed by atoms with Gasteiger partial charge in [-0.25, -0.2) is 13.2 Å². The fraction of sp³-hybridized carbons (Fsp3) is 1.00. The first-order chi connectivity index (χ1) is 4.42. The average Bonchev–Trinajstić information content (AvgIpc) is 1.86. The summed E-state index contributed by atoms with van der Waals surface area (Å²) < 4.78 is 58.1. The molecule has 0 heterocycles. The Morgan fingerprint density at radius 2 is 1.60 bits per heavy atom. The highest BCUT2D eigenvalue weighted by Gasteiger charge is 2.48. The Kier molecular flexibility index (Phi) is 3.05. The zero-order valence-corrected chi connectivity index (χ0v) is 5.25. The molecule has 0 aliphatic heterocycles. The average molecular weight is 162 g/mol. The van der Waals surface area contributed by atoms with Crippen LogP contribution in [0.5, 0.6) is 0 Å². The molecular formula is C5H7F5. The molecule has 5 heteroatoms. The van der Waals surface area contributed by atoms with Gasteiger partial charge in [0.05, 0.1) is 0 Å². The standard InChI is InChI=1S/C5H7F5/c1-2-3(6)5(9,10)4(7)8/h3-4H,2H2,1H3/t3-/m0/s1. The smallest absolute Gasteiger partial charge is 0.241 e. The van der Waals surface area contributed by atoms with Gasteiger partial charge in [0.2, 0.25) is 0 Å². The van der Waals surface area contributed by atoms with Crippen molar-refractivity contribution in [1.82, 2.24) is 0 Å². The summed E-state index contributed by atoms with van der Waals surface area (Å²) in [5.41, 5.74) is 0. The summed E-state index contributed by atoms with van der Waals surface area (Å²) in [6, 6.07) is 0. The second kappa shape index (κ2) is 3.16. The molecule has 0 saturated carbocycles. The molecule has 0 saturated heterocycles. The Balaban J connectivity index is 4.09. The van der Waals surface area contributed by atoms with Gasteiger partial charge in [-0.15, -0.1) is 0 Å². The number of halogens is 5. The minimum Gasteiger partial charge on any atom is -0.241 e. The summed E-state index contributed by atoms with van der Waals surface area (Å²) in [7, 11) is 0. The van der Waals surface area contributed by atoms with Gasteiger partial charge in [0.25, 0.3) is 0 Å². The fourth-order valence-electron chi connectivity index (χ4n) is 0.409. The molecule has 0 fully saturated rings. The lowest BCUT2D eigenvalue weighted by atomic mass is 10.2. The van der Waals surface area contributed by atoms with Gasteiger partial charge in [0.15, 0.2) is 6.17 Å². The molecule has 10 heavy (non-hydrogen) atoms. The van der Waals surface area contributed by atoms with Crippen LogP contribution in [0.3, 0.4) is 0 Å². The van der Waals surface area contributed by atoms with Gasteiger partial charge < -0.3 is 0 Å². The Labute approximate surface area is 55.0 Å². The van der Waals surface area contributed by atoms with E-state index in [0.29, 0.717) is 0 Å². The molecule has 0 nitrogen and oxygen atoms in total. The van der Waals surface area contributed by atoms with Gasteiger partial charge in [-0.3, -0.25) is 0 Å². The lowest BCUT2D eigenvalue weighted by Crippen LogP contribution is -2.37. The van der Waals surface area contributed by atoms with Crippen molar-refractivity contribution in [3.05, 3.63) is 0 Å². The highest BCUT2D eigenvalue weighted by atomic mass is 19.3. The van der Waals surface area contributed by atoms with Crippen molar-refractivity contribution in [1.29, 1.82) is 0 Å². The second-order valence-electron chi connectivity index (χ2n) is 1.85. The van der Waals surface area contributed by atoms with Crippen LogP contribution in [0.2, 0.25) is 0 Å². The van der Waals surface area contributed by atoms with Crippen LogP contribution in [0.4, 0.5) is 22.0 Å². The van der Waals surface area contributed by atoms with E-state index in [4.69, 9.17) is 0 Å². The van der Waals surface area contributed by atoms with E-state index < -0.39 is 24.9 Å². The van der Waals surface area contributed by atoms with E-state index in [1.165, 1.54) is 0 Å². The Hall–Kier alpha value is -0.350. The fourth-order valence-corrected chi connectivity index (χ4v) is 0.409. The molecule has 0 radical (unpaired) electrons. The molecule has 0 aromatic heterocycles. The number of hydrogen-bond donors (Lipinski definition) is 0. The van der Waals surface area contributed by atoms with Crippen molar-refractivity contribution in [3.63, 3.8) is 0 Å². The molecule has 0 unspecified atom stereocenters. The first kappa shape index (κ1) is 9.65. The Morgan fingerprint density at radius 1 is 1.20 bits per heavy atom. The van der Waals surface area contributed by atoms with E-state index in [9.17, 15) is 22.0 Å². The summed E-state index contributed by atoms with van der Waals surface area (Å²) in [6.45, 7) is 1.08. The van der Waals surface area contributed by atoms with Crippen LogP contribution in [-0.4, -0.2) is 18.5 Å². The van der Waals surface area contributed by atoms with Crippen LogP contribution in [0.25, 0.3) is 0 Å².